The highest BCUT2D eigenvalue weighted by atomic mass is 35.5. The smallest absolute Gasteiger partial charge is 0.340 e. The monoisotopic (exact) mass is 489 g/mol. The van der Waals surface area contributed by atoms with Crippen molar-refractivity contribution in [1.82, 2.24) is 9.38 Å². The van der Waals surface area contributed by atoms with Gasteiger partial charge in [0.25, 0.3) is 10.0 Å². The van der Waals surface area contributed by atoms with Crippen LogP contribution in [0, 0.1) is 0 Å². The number of halogens is 2. The zero-order chi connectivity index (χ0) is 22.9. The molecule has 0 fully saturated rings. The molecule has 0 radical (unpaired) electrons. The Kier molecular flexibility index (Phi) is 6.10. The fourth-order valence-corrected chi connectivity index (χ4v) is 4.65. The van der Waals surface area contributed by atoms with E-state index >= 15 is 0 Å². The Labute approximate surface area is 194 Å². The van der Waals surface area contributed by atoms with Gasteiger partial charge in [-0.3, -0.25) is 4.31 Å². The fraction of sp³-hybridized carbons (Fsp3) is 0.0909. The van der Waals surface area contributed by atoms with Crippen LogP contribution < -0.4 is 4.31 Å². The molecular formula is C22H17Cl2N3O4S. The standard InChI is InChI=1S/C22H17Cl2N3O4S/c1-26(17-5-3-2-4-6-17)32(29,30)18-8-9-20(24)19(11-18)22(28)31-14-16-13-27-12-15(23)7-10-21(27)25-16/h2-13H,14H2,1H3. The molecule has 0 atom stereocenters. The van der Waals surface area contributed by atoms with Crippen LogP contribution in [-0.2, 0) is 21.4 Å². The zero-order valence-electron chi connectivity index (χ0n) is 16.8. The lowest BCUT2D eigenvalue weighted by Crippen LogP contribution is -2.26. The third kappa shape index (κ3) is 4.43. The highest BCUT2D eigenvalue weighted by molar-refractivity contribution is 7.92. The van der Waals surface area contributed by atoms with Gasteiger partial charge >= 0.3 is 5.97 Å². The Morgan fingerprint density at radius 2 is 1.81 bits per heavy atom. The van der Waals surface area contributed by atoms with Gasteiger partial charge in [0.15, 0.2) is 0 Å². The molecule has 4 rings (SSSR count). The van der Waals surface area contributed by atoms with Crippen molar-refractivity contribution in [3.63, 3.8) is 0 Å². The number of aromatic nitrogens is 2. The number of ether oxygens (including phenoxy) is 1. The second-order valence-electron chi connectivity index (χ2n) is 6.87. The van der Waals surface area contributed by atoms with Gasteiger partial charge in [0.1, 0.15) is 12.3 Å². The van der Waals surface area contributed by atoms with Crippen LogP contribution in [0.25, 0.3) is 5.65 Å². The van der Waals surface area contributed by atoms with Crippen molar-refractivity contribution in [1.29, 1.82) is 0 Å². The third-order valence-electron chi connectivity index (χ3n) is 4.75. The zero-order valence-corrected chi connectivity index (χ0v) is 19.1. The number of pyridine rings is 1. The largest absolute Gasteiger partial charge is 0.455 e. The van der Waals surface area contributed by atoms with E-state index in [-0.39, 0.29) is 22.1 Å². The van der Waals surface area contributed by atoms with Crippen LogP contribution in [0.15, 0.2) is 78.0 Å². The Balaban J connectivity index is 1.55. The highest BCUT2D eigenvalue weighted by Crippen LogP contribution is 2.26. The summed E-state index contributed by atoms with van der Waals surface area (Å²) < 4.78 is 34.2. The lowest BCUT2D eigenvalue weighted by molar-refractivity contribution is 0.0468. The molecule has 0 bridgehead atoms. The van der Waals surface area contributed by atoms with Crippen LogP contribution in [0.3, 0.4) is 0 Å². The first kappa shape index (κ1) is 22.1. The van der Waals surface area contributed by atoms with E-state index in [0.717, 1.165) is 4.31 Å². The van der Waals surface area contributed by atoms with Gasteiger partial charge in [0.2, 0.25) is 0 Å². The molecule has 0 saturated carbocycles. The summed E-state index contributed by atoms with van der Waals surface area (Å²) in [5.74, 6) is -0.760. The molecule has 0 spiro atoms. The van der Waals surface area contributed by atoms with Gasteiger partial charge in [-0.25, -0.2) is 18.2 Å². The summed E-state index contributed by atoms with van der Waals surface area (Å²) in [7, 11) is -2.48. The predicted molar refractivity (Wildman–Crippen MR) is 123 cm³/mol. The van der Waals surface area contributed by atoms with Crippen molar-refractivity contribution in [3.05, 3.63) is 94.4 Å². The number of para-hydroxylation sites is 1. The summed E-state index contributed by atoms with van der Waals surface area (Å²) in [5, 5.41) is 0.627. The van der Waals surface area contributed by atoms with Gasteiger partial charge < -0.3 is 9.14 Å². The first-order chi connectivity index (χ1) is 15.3. The number of hydrogen-bond donors (Lipinski definition) is 0. The molecule has 32 heavy (non-hydrogen) atoms. The second kappa shape index (κ2) is 8.82. The summed E-state index contributed by atoms with van der Waals surface area (Å²) in [6.07, 6.45) is 3.37. The molecule has 7 nitrogen and oxygen atoms in total. The van der Waals surface area contributed by atoms with E-state index in [9.17, 15) is 13.2 Å². The lowest BCUT2D eigenvalue weighted by atomic mass is 10.2. The summed E-state index contributed by atoms with van der Waals surface area (Å²) in [6, 6.07) is 16.0. The summed E-state index contributed by atoms with van der Waals surface area (Å²) in [6.45, 7) is -0.116. The van der Waals surface area contributed by atoms with Crippen LogP contribution in [0.1, 0.15) is 16.1 Å². The summed E-state index contributed by atoms with van der Waals surface area (Å²) in [4.78, 5) is 16.9. The van der Waals surface area contributed by atoms with E-state index in [4.69, 9.17) is 27.9 Å². The number of carbonyl (C=O) groups is 1. The molecule has 10 heteroatoms. The SMILES string of the molecule is CN(c1ccccc1)S(=O)(=O)c1ccc(Cl)c(C(=O)OCc2cn3cc(Cl)ccc3n2)c1. The average Bonchev–Trinajstić information content (AvgIpc) is 3.19. The minimum absolute atomic E-state index is 0.0546. The molecule has 164 valence electrons. The van der Waals surface area contributed by atoms with Gasteiger partial charge in [0, 0.05) is 19.4 Å². The molecule has 2 heterocycles. The minimum atomic E-state index is -3.91. The molecule has 0 N–H and O–H groups in total. The second-order valence-corrected chi connectivity index (χ2v) is 9.68. The number of rotatable bonds is 6. The molecule has 4 aromatic rings. The van der Waals surface area contributed by atoms with Gasteiger partial charge in [-0.05, 0) is 42.5 Å². The number of sulfonamides is 1. The first-order valence-electron chi connectivity index (χ1n) is 9.39. The number of esters is 1. The number of carbonyl (C=O) groups excluding carboxylic acids is 1. The highest BCUT2D eigenvalue weighted by Gasteiger charge is 2.24. The van der Waals surface area contributed by atoms with Gasteiger partial charge in [0.05, 0.1) is 31.9 Å². The number of fused-ring (bicyclic) bond motifs is 1. The Hall–Kier alpha value is -3.07. The van der Waals surface area contributed by atoms with Crippen molar-refractivity contribution in [2.75, 3.05) is 11.4 Å². The van der Waals surface area contributed by atoms with E-state index in [0.29, 0.717) is 22.1 Å². The summed E-state index contributed by atoms with van der Waals surface area (Å²) >= 11 is 12.1. The van der Waals surface area contributed by atoms with Crippen LogP contribution in [0.5, 0.6) is 0 Å². The van der Waals surface area contributed by atoms with E-state index in [1.54, 1.807) is 59.3 Å². The van der Waals surface area contributed by atoms with E-state index in [2.05, 4.69) is 4.98 Å². The number of imidazole rings is 1. The minimum Gasteiger partial charge on any atom is -0.455 e. The number of anilines is 1. The molecule has 0 aliphatic heterocycles. The van der Waals surface area contributed by atoms with Crippen molar-refractivity contribution >= 4 is 50.5 Å². The predicted octanol–water partition coefficient (Wildman–Crippen LogP) is 4.82. The number of benzene rings is 2. The maximum absolute atomic E-state index is 13.0. The number of hydrogen-bond acceptors (Lipinski definition) is 5. The average molecular weight is 490 g/mol. The van der Waals surface area contributed by atoms with E-state index in [1.165, 1.54) is 25.2 Å². The molecule has 2 aromatic heterocycles. The number of nitrogens with zero attached hydrogens (tertiary/aromatic N) is 3. The quantitative estimate of drug-likeness (QED) is 0.362. The molecule has 2 aromatic carbocycles. The third-order valence-corrected chi connectivity index (χ3v) is 7.09. The molecule has 0 unspecified atom stereocenters. The topological polar surface area (TPSA) is 81.0 Å². The van der Waals surface area contributed by atoms with Crippen molar-refractivity contribution in [2.24, 2.45) is 0 Å². The van der Waals surface area contributed by atoms with Crippen molar-refractivity contribution < 1.29 is 17.9 Å². The first-order valence-corrected chi connectivity index (χ1v) is 11.6. The van der Waals surface area contributed by atoms with Crippen molar-refractivity contribution in [2.45, 2.75) is 11.5 Å². The van der Waals surface area contributed by atoms with Crippen LogP contribution in [0.2, 0.25) is 10.0 Å². The lowest BCUT2D eigenvalue weighted by Gasteiger charge is -2.20. The maximum atomic E-state index is 13.0. The Bertz CT molecular complexity index is 1410. The van der Waals surface area contributed by atoms with Gasteiger partial charge in [-0.15, -0.1) is 0 Å². The Morgan fingerprint density at radius 3 is 2.56 bits per heavy atom. The van der Waals surface area contributed by atoms with Crippen LogP contribution in [0.4, 0.5) is 5.69 Å². The molecular weight excluding hydrogens is 473 g/mol. The molecule has 0 saturated heterocycles. The molecule has 0 aliphatic carbocycles. The fourth-order valence-electron chi connectivity index (χ4n) is 3.06. The summed E-state index contributed by atoms with van der Waals surface area (Å²) in [5.41, 5.74) is 1.58. The Morgan fingerprint density at radius 1 is 1.06 bits per heavy atom. The van der Waals surface area contributed by atoms with E-state index in [1.807, 2.05) is 0 Å². The van der Waals surface area contributed by atoms with Crippen LogP contribution >= 0.6 is 23.2 Å². The van der Waals surface area contributed by atoms with Gasteiger partial charge in [-0.1, -0.05) is 41.4 Å². The molecule has 0 amide bonds. The molecule has 0 aliphatic rings. The van der Waals surface area contributed by atoms with Gasteiger partial charge in [-0.2, -0.15) is 0 Å². The van der Waals surface area contributed by atoms with Crippen LogP contribution in [-0.4, -0.2) is 30.8 Å². The van der Waals surface area contributed by atoms with E-state index < -0.39 is 16.0 Å². The normalized spacial score (nSPS) is 11.5. The maximum Gasteiger partial charge on any atom is 0.340 e. The van der Waals surface area contributed by atoms with Crippen molar-refractivity contribution in [3.8, 4) is 0 Å².